The molecule has 0 saturated carbocycles. The van der Waals surface area contributed by atoms with Crippen molar-refractivity contribution < 1.29 is 30.3 Å². The Morgan fingerprint density at radius 1 is 0.719 bits per heavy atom. The maximum atomic E-state index is 8.56. The van der Waals surface area contributed by atoms with Crippen LogP contribution in [0.2, 0.25) is 0 Å². The molecule has 4 aromatic carbocycles. The molecule has 4 heteroatoms. The number of benzene rings is 4. The first kappa shape index (κ1) is 24.0. The van der Waals surface area contributed by atoms with E-state index in [2.05, 4.69) is 71.7 Å². The monoisotopic (exact) mass is 601 g/mol. The van der Waals surface area contributed by atoms with Crippen molar-refractivity contribution in [1.82, 2.24) is 4.98 Å². The number of fused-ring (bicyclic) bond motifs is 6. The van der Waals surface area contributed by atoms with Crippen LogP contribution in [0, 0.1) is 6.07 Å². The molecule has 0 spiro atoms. The molecule has 165 valence electrons. The predicted octanol–water partition coefficient (Wildman–Crippen LogP) is 6.14. The summed E-state index contributed by atoms with van der Waals surface area (Å²) in [5, 5.41) is 24.7. The molecule has 2 unspecified atom stereocenters. The van der Waals surface area contributed by atoms with Gasteiger partial charge in [-0.1, -0.05) is 76.8 Å². The number of rotatable bonds is 3. The van der Waals surface area contributed by atoms with E-state index >= 15 is 0 Å². The van der Waals surface area contributed by atoms with Crippen molar-refractivity contribution in [3.63, 3.8) is 0 Å². The SMILES string of the molecule is CC(O)CC(C)O.[Ir].[c-]1cc2c3ccccc3c3ccccc3c2cc1-c1ccccn1. The second-order valence-electron chi connectivity index (χ2n) is 7.91. The van der Waals surface area contributed by atoms with Gasteiger partial charge in [-0.05, 0) is 48.2 Å². The average Bonchev–Trinajstić information content (AvgIpc) is 2.79. The maximum Gasteiger partial charge on any atom is 0.0536 e. The Hall–Kier alpha value is -2.62. The van der Waals surface area contributed by atoms with Crippen LogP contribution < -0.4 is 0 Å². The fraction of sp³-hybridized carbons (Fsp3) is 0.179. The van der Waals surface area contributed by atoms with Gasteiger partial charge in [0.1, 0.15) is 0 Å². The normalized spacial score (nSPS) is 12.6. The molecule has 0 aliphatic rings. The number of pyridine rings is 1. The molecule has 5 rings (SSSR count). The Bertz CT molecular complexity index is 1280. The van der Waals surface area contributed by atoms with Crippen LogP contribution in [-0.2, 0) is 20.1 Å². The average molecular weight is 601 g/mol. The summed E-state index contributed by atoms with van der Waals surface area (Å²) in [6, 6.07) is 30.9. The number of aliphatic hydroxyl groups excluding tert-OH is 2. The quantitative estimate of drug-likeness (QED) is 0.193. The molecule has 0 fully saturated rings. The van der Waals surface area contributed by atoms with Gasteiger partial charge in [-0.15, -0.1) is 23.8 Å². The summed E-state index contributed by atoms with van der Waals surface area (Å²) in [6.45, 7) is 3.32. The van der Waals surface area contributed by atoms with Crippen LogP contribution >= 0.6 is 0 Å². The van der Waals surface area contributed by atoms with Gasteiger partial charge < -0.3 is 15.2 Å². The van der Waals surface area contributed by atoms with E-state index < -0.39 is 0 Å². The molecule has 2 atom stereocenters. The number of aromatic nitrogens is 1. The van der Waals surface area contributed by atoms with Gasteiger partial charge in [0.2, 0.25) is 0 Å². The molecule has 32 heavy (non-hydrogen) atoms. The van der Waals surface area contributed by atoms with E-state index in [1.807, 2.05) is 24.4 Å². The zero-order valence-corrected chi connectivity index (χ0v) is 20.5. The van der Waals surface area contributed by atoms with E-state index in [4.69, 9.17) is 10.2 Å². The first-order valence-corrected chi connectivity index (χ1v) is 10.6. The Morgan fingerprint density at radius 3 is 1.69 bits per heavy atom. The Morgan fingerprint density at radius 2 is 1.22 bits per heavy atom. The van der Waals surface area contributed by atoms with Gasteiger partial charge in [-0.3, -0.25) is 0 Å². The number of nitrogens with zero attached hydrogens (tertiary/aromatic N) is 1. The molecular weight excluding hydrogens is 575 g/mol. The third-order valence-electron chi connectivity index (χ3n) is 5.30. The summed E-state index contributed by atoms with van der Waals surface area (Å²) in [7, 11) is 0. The zero-order valence-electron chi connectivity index (χ0n) is 18.1. The van der Waals surface area contributed by atoms with Crippen LogP contribution in [0.5, 0.6) is 0 Å². The van der Waals surface area contributed by atoms with Crippen molar-refractivity contribution >= 4 is 32.3 Å². The van der Waals surface area contributed by atoms with Crippen LogP contribution in [0.3, 0.4) is 0 Å². The van der Waals surface area contributed by atoms with Crippen molar-refractivity contribution in [2.75, 3.05) is 0 Å². The molecule has 0 aliphatic heterocycles. The van der Waals surface area contributed by atoms with Crippen molar-refractivity contribution in [3.05, 3.63) is 91.1 Å². The fourth-order valence-corrected chi connectivity index (χ4v) is 4.01. The van der Waals surface area contributed by atoms with Crippen LogP contribution in [0.25, 0.3) is 43.6 Å². The summed E-state index contributed by atoms with van der Waals surface area (Å²) in [6.07, 6.45) is 1.55. The first-order chi connectivity index (χ1) is 15.0. The summed E-state index contributed by atoms with van der Waals surface area (Å²) in [5.41, 5.74) is 1.99. The van der Waals surface area contributed by atoms with Gasteiger partial charge in [-0.25, -0.2) is 0 Å². The third kappa shape index (κ3) is 5.23. The van der Waals surface area contributed by atoms with Crippen molar-refractivity contribution in [3.8, 4) is 11.3 Å². The van der Waals surface area contributed by atoms with Gasteiger partial charge in [0.25, 0.3) is 0 Å². The number of aliphatic hydroxyl groups is 2. The molecule has 1 radical (unpaired) electrons. The minimum atomic E-state index is -0.375. The van der Waals surface area contributed by atoms with Gasteiger partial charge in [-0.2, -0.15) is 0 Å². The molecule has 1 aromatic heterocycles. The standard InChI is InChI=1S/C23H14N.C5H12O2.Ir/c1-2-9-19-17(7-1)18-8-3-4-10-20(18)22-15-16(12-13-21(19)22)23-11-5-6-14-24-23;1-4(6)3-5(2)7;/h1-11,13-15H;4-7H,3H2,1-2H3;/q-1;;. The molecule has 0 bridgehead atoms. The summed E-state index contributed by atoms with van der Waals surface area (Å²) >= 11 is 0. The summed E-state index contributed by atoms with van der Waals surface area (Å²) in [4.78, 5) is 4.47. The maximum absolute atomic E-state index is 8.56. The Labute approximate surface area is 202 Å². The molecule has 2 N–H and O–H groups in total. The summed E-state index contributed by atoms with van der Waals surface area (Å²) in [5.74, 6) is 0. The zero-order chi connectivity index (χ0) is 21.8. The smallest absolute Gasteiger partial charge is 0.0536 e. The number of hydrogen-bond acceptors (Lipinski definition) is 3. The van der Waals surface area contributed by atoms with Gasteiger partial charge in [0, 0.05) is 26.3 Å². The van der Waals surface area contributed by atoms with E-state index in [9.17, 15) is 0 Å². The largest absolute Gasteiger partial charge is 0.393 e. The molecular formula is C28H26IrNO2-. The predicted molar refractivity (Wildman–Crippen MR) is 129 cm³/mol. The van der Waals surface area contributed by atoms with Gasteiger partial charge in [0.15, 0.2) is 0 Å². The van der Waals surface area contributed by atoms with Crippen LogP contribution in [0.4, 0.5) is 0 Å². The van der Waals surface area contributed by atoms with Crippen LogP contribution in [0.15, 0.2) is 85.1 Å². The minimum absolute atomic E-state index is 0. The topological polar surface area (TPSA) is 53.4 Å². The second kappa shape index (κ2) is 10.8. The summed E-state index contributed by atoms with van der Waals surface area (Å²) < 4.78 is 0. The van der Waals surface area contributed by atoms with Crippen LogP contribution in [-0.4, -0.2) is 27.4 Å². The van der Waals surface area contributed by atoms with Gasteiger partial charge in [0.05, 0.1) is 12.2 Å². The van der Waals surface area contributed by atoms with E-state index in [0.717, 1.165) is 11.3 Å². The first-order valence-electron chi connectivity index (χ1n) is 10.6. The molecule has 0 amide bonds. The second-order valence-corrected chi connectivity index (χ2v) is 7.91. The Balaban J connectivity index is 0.000000318. The minimum Gasteiger partial charge on any atom is -0.393 e. The van der Waals surface area contributed by atoms with Crippen molar-refractivity contribution in [1.29, 1.82) is 0 Å². The number of hydrogen-bond donors (Lipinski definition) is 2. The van der Waals surface area contributed by atoms with Crippen molar-refractivity contribution in [2.24, 2.45) is 0 Å². The third-order valence-corrected chi connectivity index (χ3v) is 5.30. The Kier molecular flexibility index (Phi) is 8.11. The van der Waals surface area contributed by atoms with E-state index in [1.54, 1.807) is 13.8 Å². The fourth-order valence-electron chi connectivity index (χ4n) is 4.01. The molecule has 5 aromatic rings. The van der Waals surface area contributed by atoms with E-state index in [1.165, 1.54) is 32.3 Å². The molecule has 1 heterocycles. The van der Waals surface area contributed by atoms with E-state index in [0.29, 0.717) is 6.42 Å². The molecule has 0 saturated heterocycles. The van der Waals surface area contributed by atoms with Crippen LogP contribution in [0.1, 0.15) is 20.3 Å². The molecule has 3 nitrogen and oxygen atoms in total. The van der Waals surface area contributed by atoms with E-state index in [-0.39, 0.29) is 32.3 Å². The van der Waals surface area contributed by atoms with Gasteiger partial charge >= 0.3 is 0 Å². The van der Waals surface area contributed by atoms with Crippen molar-refractivity contribution in [2.45, 2.75) is 32.5 Å². The molecule has 0 aliphatic carbocycles.